The fourth-order valence-electron chi connectivity index (χ4n) is 3.38. The van der Waals surface area contributed by atoms with Gasteiger partial charge in [0.1, 0.15) is 0 Å². The second kappa shape index (κ2) is 9.14. The molecule has 3 aromatic rings. The predicted octanol–water partition coefficient (Wildman–Crippen LogP) is 4.73. The van der Waals surface area contributed by atoms with Crippen LogP contribution >= 0.6 is 23.2 Å². The zero-order valence-corrected chi connectivity index (χ0v) is 19.2. The minimum atomic E-state index is -1.22. The Balaban J connectivity index is 2.20. The Labute approximate surface area is 194 Å². The molecule has 2 aromatic carbocycles. The highest BCUT2D eigenvalue weighted by molar-refractivity contribution is 6.40. The third kappa shape index (κ3) is 4.26. The smallest absolute Gasteiger partial charge is 0.340 e. The quantitative estimate of drug-likeness (QED) is 0.502. The van der Waals surface area contributed by atoms with Gasteiger partial charge in [0.25, 0.3) is 5.91 Å². The number of amides is 2. The van der Waals surface area contributed by atoms with Gasteiger partial charge in [-0.25, -0.2) is 4.79 Å². The summed E-state index contributed by atoms with van der Waals surface area (Å²) in [5.74, 6) is -1.78. The van der Waals surface area contributed by atoms with Gasteiger partial charge in [0.15, 0.2) is 0 Å². The van der Waals surface area contributed by atoms with Crippen LogP contribution in [0.3, 0.4) is 0 Å². The normalized spacial score (nSPS) is 11.3. The molecular weight excluding hydrogens is 453 g/mol. The number of carbonyl (C=O) groups excluding carboxylic acids is 3. The van der Waals surface area contributed by atoms with E-state index >= 15 is 0 Å². The van der Waals surface area contributed by atoms with Crippen LogP contribution < -0.4 is 11.1 Å². The number of halogens is 2. The molecule has 0 saturated carbocycles. The van der Waals surface area contributed by atoms with E-state index in [0.29, 0.717) is 22.2 Å². The van der Waals surface area contributed by atoms with E-state index in [1.807, 2.05) is 0 Å². The zero-order valence-electron chi connectivity index (χ0n) is 17.7. The van der Waals surface area contributed by atoms with Gasteiger partial charge in [0.2, 0.25) is 5.91 Å². The maximum absolute atomic E-state index is 12.9. The minimum Gasteiger partial charge on any atom is -0.462 e. The number of fused-ring (bicyclic) bond motifs is 1. The number of hydrogen-bond donors (Lipinski definition) is 2. The number of aromatic nitrogens is 1. The van der Waals surface area contributed by atoms with Crippen LogP contribution in [0.5, 0.6) is 0 Å². The molecule has 32 heavy (non-hydrogen) atoms. The molecule has 0 aliphatic heterocycles. The number of nitrogens with two attached hydrogens (primary N) is 1. The average molecular weight is 474 g/mol. The maximum Gasteiger partial charge on any atom is 0.340 e. The molecule has 0 aliphatic carbocycles. The van der Waals surface area contributed by atoms with Crippen molar-refractivity contribution in [3.63, 3.8) is 0 Å². The molecule has 0 radical (unpaired) electrons. The third-order valence-corrected chi connectivity index (χ3v) is 5.70. The van der Waals surface area contributed by atoms with Gasteiger partial charge in [-0.1, -0.05) is 41.4 Å². The SMILES string of the molecule is CCOC(=O)c1cnc2c(NC(=O)c3c(Cl)cccc3Cl)cccc2c1C(C)(C)C(N)=O. The van der Waals surface area contributed by atoms with E-state index in [1.54, 1.807) is 57.2 Å². The van der Waals surface area contributed by atoms with Crippen LogP contribution in [0.25, 0.3) is 10.9 Å². The Morgan fingerprint density at radius 1 is 1.09 bits per heavy atom. The summed E-state index contributed by atoms with van der Waals surface area (Å²) in [4.78, 5) is 42.1. The molecule has 0 saturated heterocycles. The highest BCUT2D eigenvalue weighted by Crippen LogP contribution is 2.36. The minimum absolute atomic E-state index is 0.119. The number of hydrogen-bond acceptors (Lipinski definition) is 5. The van der Waals surface area contributed by atoms with Crippen LogP contribution in [0.1, 0.15) is 47.1 Å². The van der Waals surface area contributed by atoms with Crippen molar-refractivity contribution < 1.29 is 19.1 Å². The van der Waals surface area contributed by atoms with Crippen molar-refractivity contribution >= 4 is 57.6 Å². The van der Waals surface area contributed by atoms with Crippen molar-refractivity contribution in [3.05, 3.63) is 69.3 Å². The lowest BCUT2D eigenvalue weighted by atomic mass is 9.79. The van der Waals surface area contributed by atoms with E-state index in [0.717, 1.165) is 0 Å². The van der Waals surface area contributed by atoms with Gasteiger partial charge in [-0.2, -0.15) is 0 Å². The van der Waals surface area contributed by atoms with Gasteiger partial charge >= 0.3 is 5.97 Å². The van der Waals surface area contributed by atoms with Crippen LogP contribution in [0, 0.1) is 0 Å². The number of rotatable bonds is 6. The van der Waals surface area contributed by atoms with Gasteiger partial charge < -0.3 is 15.8 Å². The molecule has 0 aliphatic rings. The second-order valence-corrected chi connectivity index (χ2v) is 8.32. The van der Waals surface area contributed by atoms with E-state index in [4.69, 9.17) is 33.7 Å². The number of esters is 1. The molecule has 9 heteroatoms. The van der Waals surface area contributed by atoms with Gasteiger partial charge in [0.05, 0.1) is 44.4 Å². The van der Waals surface area contributed by atoms with Crippen LogP contribution in [0.4, 0.5) is 5.69 Å². The number of nitrogens with zero attached hydrogens (tertiary/aromatic N) is 1. The summed E-state index contributed by atoms with van der Waals surface area (Å²) in [6.45, 7) is 5.06. The van der Waals surface area contributed by atoms with Crippen LogP contribution in [0.2, 0.25) is 10.0 Å². The van der Waals surface area contributed by atoms with Gasteiger partial charge in [-0.05, 0) is 44.5 Å². The number of anilines is 1. The van der Waals surface area contributed by atoms with Crippen LogP contribution in [-0.4, -0.2) is 29.4 Å². The predicted molar refractivity (Wildman–Crippen MR) is 124 cm³/mol. The van der Waals surface area contributed by atoms with Gasteiger partial charge in [-0.3, -0.25) is 14.6 Å². The number of benzene rings is 2. The molecule has 0 unspecified atom stereocenters. The molecule has 3 rings (SSSR count). The molecule has 2 amide bonds. The zero-order chi connectivity index (χ0) is 23.6. The highest BCUT2D eigenvalue weighted by atomic mass is 35.5. The first-order chi connectivity index (χ1) is 15.1. The second-order valence-electron chi connectivity index (χ2n) is 7.51. The topological polar surface area (TPSA) is 111 Å². The summed E-state index contributed by atoms with van der Waals surface area (Å²) in [5.41, 5.74) is 5.75. The largest absolute Gasteiger partial charge is 0.462 e. The number of pyridine rings is 1. The summed E-state index contributed by atoms with van der Waals surface area (Å²) in [5, 5.41) is 3.63. The fraction of sp³-hybridized carbons (Fsp3) is 0.217. The van der Waals surface area contributed by atoms with Crippen molar-refractivity contribution in [2.45, 2.75) is 26.2 Å². The molecule has 0 fully saturated rings. The van der Waals surface area contributed by atoms with E-state index in [1.165, 1.54) is 6.20 Å². The van der Waals surface area contributed by atoms with Crippen molar-refractivity contribution in [1.82, 2.24) is 4.98 Å². The summed E-state index contributed by atoms with van der Waals surface area (Å²) in [6.07, 6.45) is 1.32. The first kappa shape index (κ1) is 23.5. The summed E-state index contributed by atoms with van der Waals surface area (Å²) >= 11 is 12.3. The fourth-order valence-corrected chi connectivity index (χ4v) is 3.95. The monoisotopic (exact) mass is 473 g/mol. The molecule has 0 atom stereocenters. The van der Waals surface area contributed by atoms with E-state index in [-0.39, 0.29) is 27.8 Å². The van der Waals surface area contributed by atoms with Crippen LogP contribution in [-0.2, 0) is 14.9 Å². The van der Waals surface area contributed by atoms with Crippen molar-refractivity contribution in [2.24, 2.45) is 5.73 Å². The standard InChI is InChI=1S/C23H21Cl2N3O4/c1-4-32-21(30)13-11-27-19-12(18(13)23(2,3)22(26)31)7-5-10-16(19)28-20(29)17-14(24)8-6-9-15(17)25/h5-11H,4H2,1-3H3,(H2,26,31)(H,28,29). The molecule has 1 aromatic heterocycles. The third-order valence-electron chi connectivity index (χ3n) is 5.07. The molecule has 0 spiro atoms. The first-order valence-corrected chi connectivity index (χ1v) is 10.5. The Morgan fingerprint density at radius 3 is 2.31 bits per heavy atom. The Bertz CT molecular complexity index is 1220. The lowest BCUT2D eigenvalue weighted by molar-refractivity contribution is -0.122. The number of para-hydroxylation sites is 1. The maximum atomic E-state index is 12.9. The number of nitrogens with one attached hydrogen (secondary N) is 1. The molecule has 7 nitrogen and oxygen atoms in total. The molecule has 1 heterocycles. The summed E-state index contributed by atoms with van der Waals surface area (Å²) < 4.78 is 5.14. The van der Waals surface area contributed by atoms with E-state index < -0.39 is 23.2 Å². The van der Waals surface area contributed by atoms with E-state index in [2.05, 4.69) is 10.3 Å². The number of primary amides is 1. The van der Waals surface area contributed by atoms with Gasteiger partial charge in [-0.15, -0.1) is 0 Å². The molecule has 3 N–H and O–H groups in total. The van der Waals surface area contributed by atoms with E-state index in [9.17, 15) is 14.4 Å². The molecule has 166 valence electrons. The highest BCUT2D eigenvalue weighted by Gasteiger charge is 2.35. The Kier molecular flexibility index (Phi) is 6.71. The number of ether oxygens (including phenoxy) is 1. The van der Waals surface area contributed by atoms with Crippen molar-refractivity contribution in [1.29, 1.82) is 0 Å². The lowest BCUT2D eigenvalue weighted by Gasteiger charge is -2.25. The Hall–Kier alpha value is -3.16. The number of carbonyl (C=O) groups is 3. The lowest BCUT2D eigenvalue weighted by Crippen LogP contribution is -2.37. The molecule has 0 bridgehead atoms. The van der Waals surface area contributed by atoms with Crippen LogP contribution in [0.15, 0.2) is 42.6 Å². The van der Waals surface area contributed by atoms with Crippen molar-refractivity contribution in [3.8, 4) is 0 Å². The average Bonchev–Trinajstić information content (AvgIpc) is 2.73. The Morgan fingerprint density at radius 2 is 1.72 bits per heavy atom. The van der Waals surface area contributed by atoms with Gasteiger partial charge in [0, 0.05) is 11.6 Å². The summed E-state index contributed by atoms with van der Waals surface area (Å²) in [7, 11) is 0. The summed E-state index contributed by atoms with van der Waals surface area (Å²) in [6, 6.07) is 9.76. The first-order valence-electron chi connectivity index (χ1n) is 9.74. The molecular formula is C23H21Cl2N3O4. The van der Waals surface area contributed by atoms with Crippen molar-refractivity contribution in [2.75, 3.05) is 11.9 Å².